The Hall–Kier alpha value is -2.83. The number of anilines is 1. The van der Waals surface area contributed by atoms with E-state index in [4.69, 9.17) is 0 Å². The van der Waals surface area contributed by atoms with Gasteiger partial charge in [0.1, 0.15) is 11.9 Å². The molecule has 2 aromatic rings. The van der Waals surface area contributed by atoms with Gasteiger partial charge in [-0.15, -0.1) is 0 Å². The molecule has 2 fully saturated rings. The number of benzene rings is 1. The quantitative estimate of drug-likeness (QED) is 0.881. The first kappa shape index (κ1) is 16.6. The van der Waals surface area contributed by atoms with Gasteiger partial charge in [0.25, 0.3) is 0 Å². The van der Waals surface area contributed by atoms with E-state index in [-0.39, 0.29) is 11.9 Å². The maximum Gasteiger partial charge on any atom is 0.323 e. The highest BCUT2D eigenvalue weighted by atomic mass is 16.2. The minimum atomic E-state index is -0.512. The summed E-state index contributed by atoms with van der Waals surface area (Å²) in [6, 6.07) is 10.9. The maximum atomic E-state index is 12.9. The van der Waals surface area contributed by atoms with E-state index < -0.39 is 6.04 Å². The molecule has 0 radical (unpaired) electrons. The average Bonchev–Trinajstić information content (AvgIpc) is 3.42. The molecule has 7 heteroatoms. The number of aryl methyl sites for hydroxylation is 1. The number of rotatable bonds is 4. The van der Waals surface area contributed by atoms with E-state index in [2.05, 4.69) is 15.7 Å². The number of nitrogens with one attached hydrogen (secondary N) is 2. The van der Waals surface area contributed by atoms with Crippen molar-refractivity contribution < 1.29 is 9.59 Å². The van der Waals surface area contributed by atoms with Crippen LogP contribution in [0.5, 0.6) is 0 Å². The molecule has 1 aromatic heterocycles. The van der Waals surface area contributed by atoms with Gasteiger partial charge in [0.05, 0.1) is 5.69 Å². The van der Waals surface area contributed by atoms with E-state index in [1.54, 1.807) is 9.58 Å². The standard InChI is InChI=1S/C19H23N5O2/c1-23-17(12-15(22-23)14-7-8-14)21-19(26)24-10-9-20-18(25)16(24)11-13-5-3-2-4-6-13/h2-6,12,14,16H,7-11H2,1H3,(H,20,25)(H,21,26)/t16-/m0/s1. The van der Waals surface area contributed by atoms with Crippen molar-refractivity contribution in [2.75, 3.05) is 18.4 Å². The van der Waals surface area contributed by atoms with E-state index in [1.165, 1.54) is 0 Å². The fourth-order valence-electron chi connectivity index (χ4n) is 3.36. The second-order valence-electron chi connectivity index (χ2n) is 6.97. The van der Waals surface area contributed by atoms with Crippen molar-refractivity contribution in [2.24, 2.45) is 7.05 Å². The Balaban J connectivity index is 1.49. The highest BCUT2D eigenvalue weighted by molar-refractivity contribution is 5.94. The Morgan fingerprint density at radius 1 is 1.31 bits per heavy atom. The van der Waals surface area contributed by atoms with Gasteiger partial charge in [-0.3, -0.25) is 14.8 Å². The highest BCUT2D eigenvalue weighted by Crippen LogP contribution is 2.39. The van der Waals surface area contributed by atoms with Gasteiger partial charge in [0.15, 0.2) is 0 Å². The summed E-state index contributed by atoms with van der Waals surface area (Å²) in [6.07, 6.45) is 2.82. The Morgan fingerprint density at radius 2 is 2.08 bits per heavy atom. The van der Waals surface area contributed by atoms with Gasteiger partial charge >= 0.3 is 6.03 Å². The lowest BCUT2D eigenvalue weighted by atomic mass is 10.0. The van der Waals surface area contributed by atoms with Crippen LogP contribution in [0.3, 0.4) is 0 Å². The van der Waals surface area contributed by atoms with Crippen LogP contribution in [0.1, 0.15) is 30.0 Å². The Labute approximate surface area is 152 Å². The van der Waals surface area contributed by atoms with Crippen molar-refractivity contribution in [2.45, 2.75) is 31.2 Å². The van der Waals surface area contributed by atoms with E-state index >= 15 is 0 Å². The molecule has 136 valence electrons. The van der Waals surface area contributed by atoms with Crippen LogP contribution in [0.15, 0.2) is 36.4 Å². The van der Waals surface area contributed by atoms with Crippen molar-refractivity contribution in [3.63, 3.8) is 0 Å². The number of hydrogen-bond acceptors (Lipinski definition) is 3. The molecular formula is C19H23N5O2. The first-order valence-electron chi connectivity index (χ1n) is 9.05. The van der Waals surface area contributed by atoms with Gasteiger partial charge in [-0.05, 0) is 18.4 Å². The van der Waals surface area contributed by atoms with Crippen molar-refractivity contribution in [1.82, 2.24) is 20.0 Å². The molecule has 1 aromatic carbocycles. The summed E-state index contributed by atoms with van der Waals surface area (Å²) in [4.78, 5) is 26.9. The summed E-state index contributed by atoms with van der Waals surface area (Å²) in [7, 11) is 1.83. The molecule has 3 amide bonds. The van der Waals surface area contributed by atoms with E-state index in [0.717, 1.165) is 24.1 Å². The molecule has 1 aliphatic carbocycles. The zero-order valence-electron chi connectivity index (χ0n) is 14.8. The molecule has 26 heavy (non-hydrogen) atoms. The lowest BCUT2D eigenvalue weighted by molar-refractivity contribution is -0.127. The first-order valence-corrected chi connectivity index (χ1v) is 9.05. The molecule has 0 unspecified atom stereocenters. The number of carbonyl (C=O) groups excluding carboxylic acids is 2. The van der Waals surface area contributed by atoms with Crippen LogP contribution in [-0.2, 0) is 18.3 Å². The number of piperazine rings is 1. The molecule has 7 nitrogen and oxygen atoms in total. The van der Waals surface area contributed by atoms with Crippen molar-refractivity contribution >= 4 is 17.8 Å². The minimum Gasteiger partial charge on any atom is -0.353 e. The number of aromatic nitrogens is 2. The first-order chi connectivity index (χ1) is 12.6. The topological polar surface area (TPSA) is 79.3 Å². The third kappa shape index (κ3) is 3.42. The smallest absolute Gasteiger partial charge is 0.323 e. The highest BCUT2D eigenvalue weighted by Gasteiger charge is 2.34. The molecule has 4 rings (SSSR count). The van der Waals surface area contributed by atoms with Gasteiger partial charge in [0.2, 0.25) is 5.91 Å². The van der Waals surface area contributed by atoms with Gasteiger partial charge in [0, 0.05) is 38.5 Å². The van der Waals surface area contributed by atoms with Crippen LogP contribution in [0.25, 0.3) is 0 Å². The van der Waals surface area contributed by atoms with Crippen LogP contribution in [-0.4, -0.2) is 45.8 Å². The minimum absolute atomic E-state index is 0.112. The second-order valence-corrected chi connectivity index (χ2v) is 6.97. The third-order valence-electron chi connectivity index (χ3n) is 4.99. The number of carbonyl (C=O) groups is 2. The predicted molar refractivity (Wildman–Crippen MR) is 97.9 cm³/mol. The van der Waals surface area contributed by atoms with Crippen LogP contribution in [0.2, 0.25) is 0 Å². The molecule has 2 heterocycles. The monoisotopic (exact) mass is 353 g/mol. The maximum absolute atomic E-state index is 12.9. The van der Waals surface area contributed by atoms with Crippen molar-refractivity contribution in [3.05, 3.63) is 47.7 Å². The van der Waals surface area contributed by atoms with Crippen LogP contribution >= 0.6 is 0 Å². The average molecular weight is 353 g/mol. The lowest BCUT2D eigenvalue weighted by Gasteiger charge is -2.35. The third-order valence-corrected chi connectivity index (χ3v) is 4.99. The predicted octanol–water partition coefficient (Wildman–Crippen LogP) is 1.87. The Morgan fingerprint density at radius 3 is 2.81 bits per heavy atom. The molecule has 1 aliphatic heterocycles. The zero-order valence-corrected chi connectivity index (χ0v) is 14.8. The number of nitrogens with zero attached hydrogens (tertiary/aromatic N) is 3. The lowest BCUT2D eigenvalue weighted by Crippen LogP contribution is -2.59. The van der Waals surface area contributed by atoms with Gasteiger partial charge < -0.3 is 10.2 Å². The van der Waals surface area contributed by atoms with Gasteiger partial charge in [-0.25, -0.2) is 4.79 Å². The van der Waals surface area contributed by atoms with E-state index in [1.807, 2.05) is 43.4 Å². The summed E-state index contributed by atoms with van der Waals surface area (Å²) in [5.41, 5.74) is 2.06. The summed E-state index contributed by atoms with van der Waals surface area (Å²) < 4.78 is 1.70. The molecular weight excluding hydrogens is 330 g/mol. The fourth-order valence-corrected chi connectivity index (χ4v) is 3.36. The van der Waals surface area contributed by atoms with Crippen LogP contribution in [0.4, 0.5) is 10.6 Å². The number of urea groups is 1. The SMILES string of the molecule is Cn1nc(C2CC2)cc1NC(=O)N1CCNC(=O)[C@@H]1Cc1ccccc1. The zero-order chi connectivity index (χ0) is 18.1. The molecule has 0 spiro atoms. The summed E-state index contributed by atoms with van der Waals surface area (Å²) in [6.45, 7) is 0.957. The number of hydrogen-bond donors (Lipinski definition) is 2. The van der Waals surface area contributed by atoms with Crippen molar-refractivity contribution in [1.29, 1.82) is 0 Å². The molecule has 1 saturated heterocycles. The Bertz CT molecular complexity index is 813. The van der Waals surface area contributed by atoms with Crippen LogP contribution in [0, 0.1) is 0 Å². The summed E-state index contributed by atoms with van der Waals surface area (Å²) in [5, 5.41) is 10.3. The molecule has 2 aliphatic rings. The molecule has 1 saturated carbocycles. The van der Waals surface area contributed by atoms with Crippen LogP contribution < -0.4 is 10.6 Å². The van der Waals surface area contributed by atoms with Gasteiger partial charge in [-0.1, -0.05) is 30.3 Å². The second kappa shape index (κ2) is 6.82. The summed E-state index contributed by atoms with van der Waals surface area (Å²) in [5.74, 6) is 1.08. The Kier molecular flexibility index (Phi) is 4.36. The summed E-state index contributed by atoms with van der Waals surface area (Å²) >= 11 is 0. The van der Waals surface area contributed by atoms with Crippen molar-refractivity contribution in [3.8, 4) is 0 Å². The fraction of sp³-hybridized carbons (Fsp3) is 0.421. The van der Waals surface area contributed by atoms with E-state index in [9.17, 15) is 9.59 Å². The molecule has 2 N–H and O–H groups in total. The number of amides is 3. The molecule has 0 bridgehead atoms. The van der Waals surface area contributed by atoms with E-state index in [0.29, 0.717) is 31.2 Å². The van der Waals surface area contributed by atoms with Gasteiger partial charge in [-0.2, -0.15) is 5.10 Å². The largest absolute Gasteiger partial charge is 0.353 e. The molecule has 1 atom stereocenters. The normalized spacial score (nSPS) is 20.0.